The minimum atomic E-state index is 0.467. The van der Waals surface area contributed by atoms with Crippen LogP contribution < -0.4 is 10.6 Å². The molecular formula is C12H22N4O. The zero-order valence-electron chi connectivity index (χ0n) is 10.9. The Balaban J connectivity index is 1.91. The Bertz CT molecular complexity index is 352. The molecule has 5 nitrogen and oxygen atoms in total. The van der Waals surface area contributed by atoms with Gasteiger partial charge in [-0.25, -0.2) is 0 Å². The van der Waals surface area contributed by atoms with Crippen molar-refractivity contribution in [3.8, 4) is 0 Å². The first-order valence-electron chi connectivity index (χ1n) is 6.42. The molecule has 0 spiro atoms. The SMILES string of the molecule is CNCc1nnc(NC2CCC(C)CC2C)o1. The van der Waals surface area contributed by atoms with Crippen molar-refractivity contribution in [3.63, 3.8) is 0 Å². The molecule has 0 amide bonds. The molecular weight excluding hydrogens is 216 g/mol. The average molecular weight is 238 g/mol. The largest absolute Gasteiger partial charge is 0.407 e. The predicted octanol–water partition coefficient (Wildman–Crippen LogP) is 2.03. The van der Waals surface area contributed by atoms with Crippen molar-refractivity contribution < 1.29 is 4.42 Å². The van der Waals surface area contributed by atoms with E-state index in [4.69, 9.17) is 4.42 Å². The smallest absolute Gasteiger partial charge is 0.315 e. The molecule has 96 valence electrons. The third-order valence-electron chi connectivity index (χ3n) is 3.54. The molecule has 1 fully saturated rings. The van der Waals surface area contributed by atoms with Crippen molar-refractivity contribution in [3.05, 3.63) is 5.89 Å². The van der Waals surface area contributed by atoms with Crippen LogP contribution in [0.5, 0.6) is 0 Å². The van der Waals surface area contributed by atoms with Crippen LogP contribution in [0.1, 0.15) is 39.0 Å². The summed E-state index contributed by atoms with van der Waals surface area (Å²) in [6.07, 6.45) is 3.74. The quantitative estimate of drug-likeness (QED) is 0.840. The Morgan fingerprint density at radius 3 is 2.82 bits per heavy atom. The second-order valence-corrected chi connectivity index (χ2v) is 5.18. The number of nitrogens with zero attached hydrogens (tertiary/aromatic N) is 2. The lowest BCUT2D eigenvalue weighted by atomic mass is 9.80. The summed E-state index contributed by atoms with van der Waals surface area (Å²) < 4.78 is 5.51. The van der Waals surface area contributed by atoms with Crippen molar-refractivity contribution in [2.45, 2.75) is 45.7 Å². The van der Waals surface area contributed by atoms with Crippen molar-refractivity contribution in [2.24, 2.45) is 11.8 Å². The van der Waals surface area contributed by atoms with E-state index in [1.165, 1.54) is 19.3 Å². The summed E-state index contributed by atoms with van der Waals surface area (Å²) in [6, 6.07) is 1.02. The highest BCUT2D eigenvalue weighted by molar-refractivity contribution is 5.20. The molecule has 3 atom stereocenters. The second-order valence-electron chi connectivity index (χ2n) is 5.18. The van der Waals surface area contributed by atoms with E-state index in [-0.39, 0.29) is 0 Å². The van der Waals surface area contributed by atoms with Crippen molar-refractivity contribution in [2.75, 3.05) is 12.4 Å². The fraction of sp³-hybridized carbons (Fsp3) is 0.833. The van der Waals surface area contributed by atoms with Crippen molar-refractivity contribution in [1.29, 1.82) is 0 Å². The van der Waals surface area contributed by atoms with E-state index in [1.807, 2.05) is 7.05 Å². The average Bonchev–Trinajstić information content (AvgIpc) is 2.71. The molecule has 3 unspecified atom stereocenters. The Labute approximate surface area is 102 Å². The van der Waals surface area contributed by atoms with Crippen molar-refractivity contribution >= 4 is 6.01 Å². The van der Waals surface area contributed by atoms with E-state index in [0.717, 1.165) is 5.92 Å². The normalized spacial score (nSPS) is 29.2. The van der Waals surface area contributed by atoms with Gasteiger partial charge in [0.05, 0.1) is 6.54 Å². The molecule has 1 aromatic heterocycles. The van der Waals surface area contributed by atoms with E-state index < -0.39 is 0 Å². The summed E-state index contributed by atoms with van der Waals surface area (Å²) in [6.45, 7) is 5.23. The van der Waals surface area contributed by atoms with E-state index >= 15 is 0 Å². The fourth-order valence-electron chi connectivity index (χ4n) is 2.57. The molecule has 0 bridgehead atoms. The molecule has 1 saturated carbocycles. The first-order valence-corrected chi connectivity index (χ1v) is 6.42. The number of rotatable bonds is 4. The minimum absolute atomic E-state index is 0.467. The van der Waals surface area contributed by atoms with Gasteiger partial charge in [0.15, 0.2) is 0 Å². The van der Waals surface area contributed by atoms with Gasteiger partial charge < -0.3 is 15.1 Å². The molecule has 0 aliphatic heterocycles. The van der Waals surface area contributed by atoms with E-state index in [9.17, 15) is 0 Å². The zero-order chi connectivity index (χ0) is 12.3. The van der Waals surface area contributed by atoms with Gasteiger partial charge in [0.25, 0.3) is 0 Å². The molecule has 0 aromatic carbocycles. The highest BCUT2D eigenvalue weighted by Crippen LogP contribution is 2.30. The summed E-state index contributed by atoms with van der Waals surface area (Å²) in [7, 11) is 1.86. The number of anilines is 1. The Morgan fingerprint density at radius 2 is 2.12 bits per heavy atom. The van der Waals surface area contributed by atoms with Gasteiger partial charge in [-0.3, -0.25) is 0 Å². The molecule has 1 aliphatic rings. The highest BCUT2D eigenvalue weighted by Gasteiger charge is 2.26. The van der Waals surface area contributed by atoms with Crippen LogP contribution in [0.3, 0.4) is 0 Å². The Morgan fingerprint density at radius 1 is 1.29 bits per heavy atom. The number of hydrogen-bond acceptors (Lipinski definition) is 5. The van der Waals surface area contributed by atoms with Crippen LogP contribution in [0.4, 0.5) is 6.01 Å². The maximum absolute atomic E-state index is 5.51. The number of aromatic nitrogens is 2. The summed E-state index contributed by atoms with van der Waals surface area (Å²) in [4.78, 5) is 0. The lowest BCUT2D eigenvalue weighted by Gasteiger charge is -2.32. The summed E-state index contributed by atoms with van der Waals surface area (Å²) in [5.41, 5.74) is 0. The fourth-order valence-corrected chi connectivity index (χ4v) is 2.57. The third kappa shape index (κ3) is 3.19. The molecule has 17 heavy (non-hydrogen) atoms. The molecule has 0 saturated heterocycles. The summed E-state index contributed by atoms with van der Waals surface area (Å²) >= 11 is 0. The molecule has 1 aromatic rings. The number of hydrogen-bond donors (Lipinski definition) is 2. The number of nitrogens with one attached hydrogen (secondary N) is 2. The second kappa shape index (κ2) is 5.49. The van der Waals surface area contributed by atoms with Gasteiger partial charge in [-0.05, 0) is 38.1 Å². The van der Waals surface area contributed by atoms with E-state index in [1.54, 1.807) is 0 Å². The van der Waals surface area contributed by atoms with Gasteiger partial charge in [-0.2, -0.15) is 0 Å². The van der Waals surface area contributed by atoms with Crippen molar-refractivity contribution in [1.82, 2.24) is 15.5 Å². The van der Waals surface area contributed by atoms with Crippen LogP contribution in [0.25, 0.3) is 0 Å². The molecule has 5 heteroatoms. The Kier molecular flexibility index (Phi) is 3.99. The van der Waals surface area contributed by atoms with Gasteiger partial charge in [-0.15, -0.1) is 5.10 Å². The first kappa shape index (κ1) is 12.4. The third-order valence-corrected chi connectivity index (χ3v) is 3.54. The maximum Gasteiger partial charge on any atom is 0.315 e. The van der Waals surface area contributed by atoms with Crippen LogP contribution >= 0.6 is 0 Å². The van der Waals surface area contributed by atoms with Crippen LogP contribution in [0.15, 0.2) is 4.42 Å². The minimum Gasteiger partial charge on any atom is -0.407 e. The lowest BCUT2D eigenvalue weighted by Crippen LogP contribution is -2.33. The monoisotopic (exact) mass is 238 g/mol. The van der Waals surface area contributed by atoms with Crippen LogP contribution in [-0.4, -0.2) is 23.3 Å². The molecule has 1 aliphatic carbocycles. The van der Waals surface area contributed by atoms with Gasteiger partial charge in [0, 0.05) is 6.04 Å². The predicted molar refractivity (Wildman–Crippen MR) is 66.7 cm³/mol. The van der Waals surface area contributed by atoms with Gasteiger partial charge >= 0.3 is 6.01 Å². The van der Waals surface area contributed by atoms with Gasteiger partial charge in [-0.1, -0.05) is 18.9 Å². The molecule has 2 N–H and O–H groups in total. The van der Waals surface area contributed by atoms with Gasteiger partial charge in [0.2, 0.25) is 5.89 Å². The zero-order valence-corrected chi connectivity index (χ0v) is 10.9. The van der Waals surface area contributed by atoms with Crippen LogP contribution in [0.2, 0.25) is 0 Å². The van der Waals surface area contributed by atoms with Crippen LogP contribution in [0, 0.1) is 11.8 Å². The maximum atomic E-state index is 5.51. The topological polar surface area (TPSA) is 63.0 Å². The lowest BCUT2D eigenvalue weighted by molar-refractivity contribution is 0.273. The highest BCUT2D eigenvalue weighted by atomic mass is 16.4. The van der Waals surface area contributed by atoms with E-state index in [0.29, 0.717) is 30.4 Å². The first-order chi connectivity index (χ1) is 8.19. The van der Waals surface area contributed by atoms with E-state index in [2.05, 4.69) is 34.7 Å². The summed E-state index contributed by atoms with van der Waals surface area (Å²) in [5.74, 6) is 2.14. The summed E-state index contributed by atoms with van der Waals surface area (Å²) in [5, 5.41) is 14.3. The molecule has 0 radical (unpaired) electrons. The standard InChI is InChI=1S/C12H22N4O/c1-8-4-5-10(9(2)6-8)14-12-16-15-11(17-12)7-13-3/h8-10,13H,4-7H2,1-3H3,(H,14,16). The van der Waals surface area contributed by atoms with Crippen LogP contribution in [-0.2, 0) is 6.54 Å². The Hall–Kier alpha value is -1.10. The van der Waals surface area contributed by atoms with Gasteiger partial charge in [0.1, 0.15) is 0 Å². The molecule has 2 rings (SSSR count). The molecule has 1 heterocycles.